The van der Waals surface area contributed by atoms with Gasteiger partial charge in [-0.1, -0.05) is 5.16 Å². The molecule has 84 valence electrons. The minimum atomic E-state index is 0.671. The highest BCUT2D eigenvalue weighted by atomic mass is 79.9. The van der Waals surface area contributed by atoms with Crippen molar-refractivity contribution in [2.75, 3.05) is 7.11 Å². The van der Waals surface area contributed by atoms with E-state index >= 15 is 0 Å². The number of aryl methyl sites for hydroxylation is 1. The first-order valence-corrected chi connectivity index (χ1v) is 5.36. The predicted molar refractivity (Wildman–Crippen MR) is 63.6 cm³/mol. The molecule has 0 amide bonds. The standard InChI is InChI=1S/C10H10BrN3O2/c1-6-8(4-12-15)10-9(16-2)3-7(11)5-14(10)13-6/h3-5,15H,1-2H3/b12-4+. The van der Waals surface area contributed by atoms with Gasteiger partial charge in [0.25, 0.3) is 0 Å². The summed E-state index contributed by atoms with van der Waals surface area (Å²) in [5, 5.41) is 16.0. The zero-order valence-corrected chi connectivity index (χ0v) is 10.4. The van der Waals surface area contributed by atoms with Crippen LogP contribution < -0.4 is 4.74 Å². The number of methoxy groups -OCH3 is 1. The molecule has 0 aromatic carbocycles. The number of nitrogens with zero attached hydrogens (tertiary/aromatic N) is 3. The first-order chi connectivity index (χ1) is 7.67. The minimum absolute atomic E-state index is 0.671. The molecule has 0 atom stereocenters. The lowest BCUT2D eigenvalue weighted by molar-refractivity contribution is 0.322. The fourth-order valence-corrected chi connectivity index (χ4v) is 2.02. The van der Waals surface area contributed by atoms with E-state index in [9.17, 15) is 0 Å². The van der Waals surface area contributed by atoms with Crippen molar-refractivity contribution in [1.82, 2.24) is 9.61 Å². The second kappa shape index (κ2) is 4.13. The maximum Gasteiger partial charge on any atom is 0.146 e. The maximum atomic E-state index is 8.62. The summed E-state index contributed by atoms with van der Waals surface area (Å²) >= 11 is 3.37. The SMILES string of the molecule is COc1cc(Br)cn2nc(C)c(/C=N/O)c12. The van der Waals surface area contributed by atoms with Gasteiger partial charge in [0.1, 0.15) is 11.3 Å². The lowest BCUT2D eigenvalue weighted by atomic mass is 10.2. The summed E-state index contributed by atoms with van der Waals surface area (Å²) in [6.07, 6.45) is 3.17. The third-order valence-electron chi connectivity index (χ3n) is 2.29. The number of fused-ring (bicyclic) bond motifs is 1. The molecule has 16 heavy (non-hydrogen) atoms. The summed E-state index contributed by atoms with van der Waals surface area (Å²) in [6.45, 7) is 1.84. The van der Waals surface area contributed by atoms with Gasteiger partial charge >= 0.3 is 0 Å². The van der Waals surface area contributed by atoms with Crippen LogP contribution in [-0.2, 0) is 0 Å². The highest BCUT2D eigenvalue weighted by Crippen LogP contribution is 2.27. The van der Waals surface area contributed by atoms with Crippen LogP contribution in [0, 0.1) is 6.92 Å². The first-order valence-electron chi connectivity index (χ1n) is 4.57. The van der Waals surface area contributed by atoms with Gasteiger partial charge in [-0.2, -0.15) is 5.10 Å². The largest absolute Gasteiger partial charge is 0.494 e. The van der Waals surface area contributed by atoms with Crippen LogP contribution in [0.4, 0.5) is 0 Å². The van der Waals surface area contributed by atoms with E-state index in [4.69, 9.17) is 9.94 Å². The molecule has 0 fully saturated rings. The van der Waals surface area contributed by atoms with Crippen LogP contribution in [0.25, 0.3) is 5.52 Å². The van der Waals surface area contributed by atoms with Gasteiger partial charge in [0.15, 0.2) is 0 Å². The van der Waals surface area contributed by atoms with Crippen LogP contribution in [0.5, 0.6) is 5.75 Å². The van der Waals surface area contributed by atoms with Crippen molar-refractivity contribution in [3.63, 3.8) is 0 Å². The van der Waals surface area contributed by atoms with Gasteiger partial charge in [0.05, 0.1) is 19.0 Å². The van der Waals surface area contributed by atoms with Crippen LogP contribution in [0.1, 0.15) is 11.3 Å². The average Bonchev–Trinajstić information content (AvgIpc) is 2.54. The topological polar surface area (TPSA) is 59.1 Å². The van der Waals surface area contributed by atoms with Crippen LogP contribution in [0.3, 0.4) is 0 Å². The molecule has 0 aliphatic carbocycles. The molecule has 2 rings (SSSR count). The van der Waals surface area contributed by atoms with E-state index in [1.54, 1.807) is 11.6 Å². The number of oxime groups is 1. The summed E-state index contributed by atoms with van der Waals surface area (Å²) in [6, 6.07) is 1.84. The van der Waals surface area contributed by atoms with Crippen LogP contribution in [0.2, 0.25) is 0 Å². The number of aromatic nitrogens is 2. The number of ether oxygens (including phenoxy) is 1. The second-order valence-corrected chi connectivity index (χ2v) is 4.18. The summed E-state index contributed by atoms with van der Waals surface area (Å²) in [5.74, 6) is 0.671. The zero-order valence-electron chi connectivity index (χ0n) is 8.81. The Morgan fingerprint density at radius 3 is 3.00 bits per heavy atom. The Kier molecular flexibility index (Phi) is 2.82. The molecule has 0 saturated heterocycles. The van der Waals surface area contributed by atoms with Gasteiger partial charge in [-0.25, -0.2) is 4.52 Å². The Morgan fingerprint density at radius 1 is 1.62 bits per heavy atom. The fraction of sp³-hybridized carbons (Fsp3) is 0.200. The van der Waals surface area contributed by atoms with E-state index in [-0.39, 0.29) is 0 Å². The van der Waals surface area contributed by atoms with Crippen molar-refractivity contribution >= 4 is 27.7 Å². The summed E-state index contributed by atoms with van der Waals surface area (Å²) < 4.78 is 7.83. The molecule has 1 N–H and O–H groups in total. The van der Waals surface area contributed by atoms with Crippen molar-refractivity contribution in [1.29, 1.82) is 0 Å². The molecule has 2 heterocycles. The first kappa shape index (κ1) is 10.9. The second-order valence-electron chi connectivity index (χ2n) is 3.26. The van der Waals surface area contributed by atoms with E-state index in [1.165, 1.54) is 6.21 Å². The number of halogens is 1. The van der Waals surface area contributed by atoms with Gasteiger partial charge in [-0.15, -0.1) is 0 Å². The highest BCUT2D eigenvalue weighted by Gasteiger charge is 2.13. The molecule has 0 aliphatic heterocycles. The Labute approximate surface area is 100 Å². The molecule has 5 nitrogen and oxygen atoms in total. The van der Waals surface area contributed by atoms with Gasteiger partial charge in [-0.05, 0) is 28.9 Å². The third kappa shape index (κ3) is 1.65. The number of rotatable bonds is 2. The van der Waals surface area contributed by atoms with E-state index < -0.39 is 0 Å². The van der Waals surface area contributed by atoms with E-state index in [0.717, 1.165) is 21.2 Å². The normalized spacial score (nSPS) is 11.4. The molecule has 2 aromatic heterocycles. The fourth-order valence-electron chi connectivity index (χ4n) is 1.61. The molecule has 6 heteroatoms. The van der Waals surface area contributed by atoms with Crippen LogP contribution in [0.15, 0.2) is 21.9 Å². The smallest absolute Gasteiger partial charge is 0.146 e. The Morgan fingerprint density at radius 2 is 2.38 bits per heavy atom. The number of pyridine rings is 1. The van der Waals surface area contributed by atoms with Crippen molar-refractivity contribution in [3.8, 4) is 5.75 Å². The Bertz CT molecular complexity index is 563. The Balaban J connectivity index is 2.85. The quantitative estimate of drug-likeness (QED) is 0.522. The predicted octanol–water partition coefficient (Wildman–Crippen LogP) is 2.22. The van der Waals surface area contributed by atoms with Gasteiger partial charge in [0.2, 0.25) is 0 Å². The monoisotopic (exact) mass is 283 g/mol. The average molecular weight is 284 g/mol. The molecule has 0 aliphatic rings. The van der Waals surface area contributed by atoms with E-state index in [1.807, 2.05) is 19.2 Å². The molecular weight excluding hydrogens is 274 g/mol. The molecule has 0 spiro atoms. The summed E-state index contributed by atoms with van der Waals surface area (Å²) in [7, 11) is 1.59. The molecule has 2 aromatic rings. The lowest BCUT2D eigenvalue weighted by Crippen LogP contribution is -1.93. The molecule has 0 radical (unpaired) electrons. The number of hydrogen-bond donors (Lipinski definition) is 1. The van der Waals surface area contributed by atoms with Crippen molar-refractivity contribution in [3.05, 3.63) is 28.0 Å². The molecule has 0 unspecified atom stereocenters. The van der Waals surface area contributed by atoms with Crippen molar-refractivity contribution in [2.24, 2.45) is 5.16 Å². The van der Waals surface area contributed by atoms with E-state index in [0.29, 0.717) is 5.75 Å². The number of hydrogen-bond acceptors (Lipinski definition) is 4. The van der Waals surface area contributed by atoms with Crippen molar-refractivity contribution < 1.29 is 9.94 Å². The van der Waals surface area contributed by atoms with Gasteiger partial charge in [0, 0.05) is 16.2 Å². The maximum absolute atomic E-state index is 8.62. The summed E-state index contributed by atoms with van der Waals surface area (Å²) in [5.41, 5.74) is 2.29. The van der Waals surface area contributed by atoms with Gasteiger partial charge in [-0.3, -0.25) is 0 Å². The van der Waals surface area contributed by atoms with E-state index in [2.05, 4.69) is 26.2 Å². The molecular formula is C10H10BrN3O2. The summed E-state index contributed by atoms with van der Waals surface area (Å²) in [4.78, 5) is 0. The molecule has 0 saturated carbocycles. The highest BCUT2D eigenvalue weighted by molar-refractivity contribution is 9.10. The Hall–Kier alpha value is -1.56. The molecule has 0 bridgehead atoms. The third-order valence-corrected chi connectivity index (χ3v) is 2.72. The minimum Gasteiger partial charge on any atom is -0.494 e. The van der Waals surface area contributed by atoms with Crippen LogP contribution in [-0.4, -0.2) is 28.1 Å². The van der Waals surface area contributed by atoms with Crippen LogP contribution >= 0.6 is 15.9 Å². The van der Waals surface area contributed by atoms with Gasteiger partial charge < -0.3 is 9.94 Å². The van der Waals surface area contributed by atoms with Crippen molar-refractivity contribution in [2.45, 2.75) is 6.92 Å². The zero-order chi connectivity index (χ0) is 11.7. The lowest BCUT2D eigenvalue weighted by Gasteiger charge is -2.04.